The summed E-state index contributed by atoms with van der Waals surface area (Å²) < 4.78 is 18.2. The van der Waals surface area contributed by atoms with Crippen LogP contribution in [-0.4, -0.2) is 35.9 Å². The third-order valence-electron chi connectivity index (χ3n) is 2.57. The van der Waals surface area contributed by atoms with Crippen LogP contribution in [0.4, 0.5) is 4.39 Å². The molecule has 0 aromatic carbocycles. The molecule has 3 nitrogen and oxygen atoms in total. The van der Waals surface area contributed by atoms with E-state index < -0.39 is 17.8 Å². The van der Waals surface area contributed by atoms with Crippen LogP contribution in [0.3, 0.4) is 0 Å². The maximum Gasteiger partial charge on any atom is 0.259 e. The molecule has 1 heterocycles. The summed E-state index contributed by atoms with van der Waals surface area (Å²) in [5, 5.41) is 0. The zero-order valence-corrected chi connectivity index (χ0v) is 8.50. The van der Waals surface area contributed by atoms with Gasteiger partial charge in [0.2, 0.25) is 0 Å². The van der Waals surface area contributed by atoms with Crippen molar-refractivity contribution in [2.45, 2.75) is 45.1 Å². The van der Waals surface area contributed by atoms with Gasteiger partial charge in [0.05, 0.1) is 0 Å². The molecule has 1 rings (SSSR count). The molecule has 1 fully saturated rings. The number of rotatable bonds is 2. The van der Waals surface area contributed by atoms with Gasteiger partial charge in [0.1, 0.15) is 5.72 Å². The van der Waals surface area contributed by atoms with E-state index in [1.54, 1.807) is 13.8 Å². The molecule has 1 amide bonds. The average Bonchev–Trinajstić information content (AvgIpc) is 2.27. The van der Waals surface area contributed by atoms with Crippen molar-refractivity contribution >= 4 is 5.91 Å². The van der Waals surface area contributed by atoms with Gasteiger partial charge in [-0.1, -0.05) is 0 Å². The van der Waals surface area contributed by atoms with Crippen LogP contribution in [0.2, 0.25) is 0 Å². The molecule has 1 saturated heterocycles. The zero-order chi connectivity index (χ0) is 10.2. The van der Waals surface area contributed by atoms with E-state index >= 15 is 0 Å². The molecule has 1 aliphatic rings. The van der Waals surface area contributed by atoms with Crippen molar-refractivity contribution in [1.29, 1.82) is 0 Å². The molecule has 0 bridgehead atoms. The minimum Gasteiger partial charge on any atom is -0.359 e. The van der Waals surface area contributed by atoms with Gasteiger partial charge in [-0.2, -0.15) is 0 Å². The summed E-state index contributed by atoms with van der Waals surface area (Å²) in [7, 11) is 1.52. The average molecular weight is 189 g/mol. The summed E-state index contributed by atoms with van der Waals surface area (Å²) in [6, 6.07) is -0.0857. The lowest BCUT2D eigenvalue weighted by Gasteiger charge is -2.37. The molecular formula is C9H16FNO2. The largest absolute Gasteiger partial charge is 0.359 e. The molecule has 13 heavy (non-hydrogen) atoms. The first-order valence-electron chi connectivity index (χ1n) is 4.42. The molecule has 0 spiro atoms. The van der Waals surface area contributed by atoms with Gasteiger partial charge in [0.25, 0.3) is 5.91 Å². The molecule has 1 aliphatic heterocycles. The Morgan fingerprint density at radius 3 is 2.46 bits per heavy atom. The Morgan fingerprint density at radius 1 is 1.62 bits per heavy atom. The third kappa shape index (κ3) is 1.68. The number of alkyl halides is 1. The molecule has 0 radical (unpaired) electrons. The summed E-state index contributed by atoms with van der Waals surface area (Å²) in [5.74, 6) is -0.459. The lowest BCUT2D eigenvalue weighted by atomic mass is 10.2. The van der Waals surface area contributed by atoms with E-state index in [9.17, 15) is 9.18 Å². The lowest BCUT2D eigenvalue weighted by molar-refractivity contribution is -0.160. The van der Waals surface area contributed by atoms with Gasteiger partial charge in [-0.15, -0.1) is 0 Å². The summed E-state index contributed by atoms with van der Waals surface area (Å²) in [4.78, 5) is 12.9. The maximum absolute atomic E-state index is 13.0. The van der Waals surface area contributed by atoms with Gasteiger partial charge >= 0.3 is 0 Å². The highest BCUT2D eigenvalue weighted by molar-refractivity contribution is 5.83. The number of nitrogens with zero attached hydrogens (tertiary/aromatic N) is 1. The van der Waals surface area contributed by atoms with Crippen LogP contribution in [0.25, 0.3) is 0 Å². The van der Waals surface area contributed by atoms with E-state index in [1.165, 1.54) is 12.0 Å². The van der Waals surface area contributed by atoms with Crippen LogP contribution in [-0.2, 0) is 9.53 Å². The number of carbonyl (C=O) groups is 1. The van der Waals surface area contributed by atoms with Gasteiger partial charge in [-0.25, -0.2) is 4.39 Å². The Morgan fingerprint density at radius 2 is 2.15 bits per heavy atom. The maximum atomic E-state index is 13.0. The van der Waals surface area contributed by atoms with Crippen LogP contribution < -0.4 is 0 Å². The zero-order valence-electron chi connectivity index (χ0n) is 8.50. The monoisotopic (exact) mass is 189 g/mol. The minimum atomic E-state index is -1.36. The van der Waals surface area contributed by atoms with Crippen molar-refractivity contribution < 1.29 is 13.9 Å². The second kappa shape index (κ2) is 3.25. The number of halogens is 1. The third-order valence-corrected chi connectivity index (χ3v) is 2.57. The predicted molar refractivity (Wildman–Crippen MR) is 46.9 cm³/mol. The topological polar surface area (TPSA) is 29.5 Å². The van der Waals surface area contributed by atoms with Crippen LogP contribution in [0, 0.1) is 0 Å². The first kappa shape index (κ1) is 10.4. The summed E-state index contributed by atoms with van der Waals surface area (Å²) in [6.45, 7) is 5.36. The highest BCUT2D eigenvalue weighted by Gasteiger charge is 2.44. The van der Waals surface area contributed by atoms with Crippen molar-refractivity contribution in [3.8, 4) is 0 Å². The number of carbonyl (C=O) groups excluding carboxylic acids is 1. The van der Waals surface area contributed by atoms with E-state index in [4.69, 9.17) is 4.74 Å². The standard InChI is InChI=1S/C9H16FNO2/c1-6-5-7(10)8(12)11(6)9(2,3)13-4/h6-7H,5H2,1-4H3. The van der Waals surface area contributed by atoms with Crippen LogP contribution in [0.1, 0.15) is 27.2 Å². The van der Waals surface area contributed by atoms with Gasteiger partial charge in [-0.3, -0.25) is 4.79 Å². The molecule has 4 heteroatoms. The first-order valence-corrected chi connectivity index (χ1v) is 4.42. The second-order valence-electron chi connectivity index (χ2n) is 3.91. The number of hydrogen-bond donors (Lipinski definition) is 0. The van der Waals surface area contributed by atoms with Gasteiger partial charge in [0.15, 0.2) is 6.17 Å². The number of methoxy groups -OCH3 is 1. The quantitative estimate of drug-likeness (QED) is 0.655. The Kier molecular flexibility index (Phi) is 2.61. The molecule has 76 valence electrons. The second-order valence-corrected chi connectivity index (χ2v) is 3.91. The Balaban J connectivity index is 2.85. The van der Waals surface area contributed by atoms with Gasteiger partial charge in [-0.05, 0) is 20.8 Å². The van der Waals surface area contributed by atoms with Crippen LogP contribution in [0.15, 0.2) is 0 Å². The van der Waals surface area contributed by atoms with E-state index in [0.717, 1.165) is 0 Å². The highest BCUT2D eigenvalue weighted by atomic mass is 19.1. The van der Waals surface area contributed by atoms with E-state index in [2.05, 4.69) is 0 Å². The molecule has 0 aromatic heterocycles. The molecule has 0 aromatic rings. The van der Waals surface area contributed by atoms with Crippen LogP contribution >= 0.6 is 0 Å². The lowest BCUT2D eigenvalue weighted by Crippen LogP contribution is -2.50. The van der Waals surface area contributed by atoms with Gasteiger partial charge < -0.3 is 9.64 Å². The predicted octanol–water partition coefficient (Wildman–Crippen LogP) is 1.33. The van der Waals surface area contributed by atoms with Gasteiger partial charge in [0, 0.05) is 19.6 Å². The van der Waals surface area contributed by atoms with E-state index in [-0.39, 0.29) is 12.5 Å². The molecule has 0 aliphatic carbocycles. The summed E-state index contributed by atoms with van der Waals surface area (Å²) in [6.07, 6.45) is -1.09. The highest BCUT2D eigenvalue weighted by Crippen LogP contribution is 2.29. The van der Waals surface area contributed by atoms with E-state index in [1.807, 2.05) is 6.92 Å². The van der Waals surface area contributed by atoms with Crippen LogP contribution in [0.5, 0.6) is 0 Å². The molecule has 0 saturated carbocycles. The van der Waals surface area contributed by atoms with Crippen molar-refractivity contribution in [1.82, 2.24) is 4.90 Å². The molecule has 2 unspecified atom stereocenters. The molecule has 0 N–H and O–H groups in total. The fourth-order valence-electron chi connectivity index (χ4n) is 1.77. The first-order chi connectivity index (χ1) is 5.90. The smallest absolute Gasteiger partial charge is 0.259 e. The Hall–Kier alpha value is -0.640. The Labute approximate surface area is 77.9 Å². The van der Waals surface area contributed by atoms with Crippen molar-refractivity contribution in [3.05, 3.63) is 0 Å². The van der Waals surface area contributed by atoms with Crippen molar-refractivity contribution in [2.24, 2.45) is 0 Å². The number of likely N-dealkylation sites (tertiary alicyclic amines) is 1. The minimum absolute atomic E-state index is 0.0857. The molecule has 2 atom stereocenters. The fraction of sp³-hybridized carbons (Fsp3) is 0.889. The summed E-state index contributed by atoms with van der Waals surface area (Å²) in [5.41, 5.74) is -0.711. The Bertz CT molecular complexity index is 218. The van der Waals surface area contributed by atoms with E-state index in [0.29, 0.717) is 0 Å². The summed E-state index contributed by atoms with van der Waals surface area (Å²) >= 11 is 0. The SMILES string of the molecule is COC(C)(C)N1C(=O)C(F)CC1C. The number of ether oxygens (including phenoxy) is 1. The fourth-order valence-corrected chi connectivity index (χ4v) is 1.77. The number of amides is 1. The normalized spacial score (nSPS) is 29.9. The molecular weight excluding hydrogens is 173 g/mol. The van der Waals surface area contributed by atoms with Crippen molar-refractivity contribution in [3.63, 3.8) is 0 Å². The van der Waals surface area contributed by atoms with Crippen molar-refractivity contribution in [2.75, 3.05) is 7.11 Å². The number of hydrogen-bond acceptors (Lipinski definition) is 2.